The van der Waals surface area contributed by atoms with Crippen LogP contribution in [0.3, 0.4) is 0 Å². The van der Waals surface area contributed by atoms with E-state index in [0.717, 1.165) is 37.6 Å². The van der Waals surface area contributed by atoms with E-state index < -0.39 is 10.0 Å². The Balaban J connectivity index is 2.07. The molecule has 5 heteroatoms. The highest BCUT2D eigenvalue weighted by Gasteiger charge is 2.18. The van der Waals surface area contributed by atoms with Crippen molar-refractivity contribution in [3.05, 3.63) is 0 Å². The fourth-order valence-electron chi connectivity index (χ4n) is 2.92. The Hall–Kier alpha value is -0.130. The van der Waals surface area contributed by atoms with Gasteiger partial charge in [-0.25, -0.2) is 13.1 Å². The maximum Gasteiger partial charge on any atom is 0.211 e. The van der Waals surface area contributed by atoms with E-state index in [1.807, 2.05) is 0 Å². The van der Waals surface area contributed by atoms with Gasteiger partial charge in [0.05, 0.1) is 5.75 Å². The average molecular weight is 319 g/mol. The number of unbranched alkanes of at least 4 members (excludes halogenated alkanes) is 1. The van der Waals surface area contributed by atoms with Crippen LogP contribution in [0.1, 0.15) is 65.7 Å². The summed E-state index contributed by atoms with van der Waals surface area (Å²) in [4.78, 5) is 0. The van der Waals surface area contributed by atoms with Gasteiger partial charge >= 0.3 is 0 Å². The zero-order valence-electron chi connectivity index (χ0n) is 14.0. The predicted molar refractivity (Wildman–Crippen MR) is 89.9 cm³/mol. The van der Waals surface area contributed by atoms with Crippen LogP contribution in [-0.4, -0.2) is 33.3 Å². The van der Waals surface area contributed by atoms with Crippen LogP contribution in [0.15, 0.2) is 0 Å². The van der Waals surface area contributed by atoms with Crippen molar-refractivity contribution < 1.29 is 8.42 Å². The molecule has 0 unspecified atom stereocenters. The van der Waals surface area contributed by atoms with Crippen LogP contribution in [-0.2, 0) is 10.0 Å². The van der Waals surface area contributed by atoms with Gasteiger partial charge in [0.1, 0.15) is 0 Å². The first-order valence-electron chi connectivity index (χ1n) is 8.60. The second-order valence-electron chi connectivity index (χ2n) is 6.94. The summed E-state index contributed by atoms with van der Waals surface area (Å²) in [5.41, 5.74) is 0. The van der Waals surface area contributed by atoms with Gasteiger partial charge in [0.15, 0.2) is 0 Å². The van der Waals surface area contributed by atoms with Gasteiger partial charge in [-0.2, -0.15) is 0 Å². The predicted octanol–water partition coefficient (Wildman–Crippen LogP) is 2.90. The normalized spacial score (nSPS) is 23.6. The van der Waals surface area contributed by atoms with Crippen molar-refractivity contribution in [2.24, 2.45) is 11.8 Å². The van der Waals surface area contributed by atoms with Gasteiger partial charge < -0.3 is 5.32 Å². The smallest absolute Gasteiger partial charge is 0.211 e. The summed E-state index contributed by atoms with van der Waals surface area (Å²) in [6, 6.07) is 0.470. The van der Waals surface area contributed by atoms with Gasteiger partial charge in [0.2, 0.25) is 10.0 Å². The lowest BCUT2D eigenvalue weighted by Crippen LogP contribution is -2.30. The van der Waals surface area contributed by atoms with E-state index in [2.05, 4.69) is 30.8 Å². The van der Waals surface area contributed by atoms with Crippen LogP contribution in [0.2, 0.25) is 0 Å². The molecule has 0 heterocycles. The monoisotopic (exact) mass is 318 g/mol. The van der Waals surface area contributed by atoms with Crippen LogP contribution in [0.25, 0.3) is 0 Å². The third-order valence-electron chi connectivity index (χ3n) is 4.40. The van der Waals surface area contributed by atoms with Gasteiger partial charge in [-0.3, -0.25) is 0 Å². The molecule has 1 aliphatic rings. The molecule has 0 aromatic carbocycles. The second-order valence-corrected chi connectivity index (χ2v) is 8.87. The van der Waals surface area contributed by atoms with E-state index in [0.29, 0.717) is 12.6 Å². The molecule has 1 saturated carbocycles. The molecule has 0 aliphatic heterocycles. The lowest BCUT2D eigenvalue weighted by molar-refractivity contribution is 0.278. The molecule has 0 atom stereocenters. The van der Waals surface area contributed by atoms with Crippen LogP contribution < -0.4 is 10.0 Å². The average Bonchev–Trinajstić information content (AvgIpc) is 2.40. The highest BCUT2D eigenvalue weighted by molar-refractivity contribution is 7.89. The summed E-state index contributed by atoms with van der Waals surface area (Å²) in [7, 11) is -3.07. The highest BCUT2D eigenvalue weighted by Crippen LogP contribution is 2.29. The molecule has 0 bridgehead atoms. The minimum absolute atomic E-state index is 0.258. The molecule has 0 aromatic heterocycles. The fourth-order valence-corrected chi connectivity index (χ4v) is 4.07. The standard InChI is InChI=1S/C16H34N2O2S/c1-14(2)17-11-4-5-13-21(19,20)18-12-10-16-8-6-15(3)7-9-16/h14-18H,4-13H2,1-3H3. The van der Waals surface area contributed by atoms with Crippen molar-refractivity contribution in [2.75, 3.05) is 18.8 Å². The number of hydrogen-bond donors (Lipinski definition) is 2. The molecule has 1 fully saturated rings. The Morgan fingerprint density at radius 2 is 1.71 bits per heavy atom. The number of hydrogen-bond acceptors (Lipinski definition) is 3. The highest BCUT2D eigenvalue weighted by atomic mass is 32.2. The van der Waals surface area contributed by atoms with E-state index in [4.69, 9.17) is 0 Å². The van der Waals surface area contributed by atoms with E-state index in [1.54, 1.807) is 0 Å². The summed E-state index contributed by atoms with van der Waals surface area (Å²) in [6.07, 6.45) is 7.80. The number of rotatable bonds is 10. The van der Waals surface area contributed by atoms with Crippen LogP contribution in [0.5, 0.6) is 0 Å². The van der Waals surface area contributed by atoms with Crippen LogP contribution >= 0.6 is 0 Å². The Kier molecular flexibility index (Phi) is 8.83. The van der Waals surface area contributed by atoms with Gasteiger partial charge in [-0.1, -0.05) is 46.5 Å². The molecule has 4 nitrogen and oxygen atoms in total. The first kappa shape index (κ1) is 18.9. The van der Waals surface area contributed by atoms with E-state index >= 15 is 0 Å². The Labute approximate surface area is 131 Å². The third-order valence-corrected chi connectivity index (χ3v) is 5.87. The molecule has 0 amide bonds. The molecular weight excluding hydrogens is 284 g/mol. The maximum atomic E-state index is 11.9. The molecule has 0 saturated heterocycles. The molecular formula is C16H34N2O2S. The van der Waals surface area contributed by atoms with Gasteiger partial charge in [-0.05, 0) is 37.6 Å². The number of nitrogens with one attached hydrogen (secondary N) is 2. The van der Waals surface area contributed by atoms with E-state index in [1.165, 1.54) is 25.7 Å². The fraction of sp³-hybridized carbons (Fsp3) is 1.00. The first-order chi connectivity index (χ1) is 9.89. The van der Waals surface area contributed by atoms with Gasteiger partial charge in [0.25, 0.3) is 0 Å². The topological polar surface area (TPSA) is 58.2 Å². The zero-order valence-corrected chi connectivity index (χ0v) is 14.8. The molecule has 0 aromatic rings. The molecule has 1 rings (SSSR count). The van der Waals surface area contributed by atoms with Crippen molar-refractivity contribution in [3.63, 3.8) is 0 Å². The van der Waals surface area contributed by atoms with E-state index in [-0.39, 0.29) is 5.75 Å². The Morgan fingerprint density at radius 1 is 1.05 bits per heavy atom. The maximum absolute atomic E-state index is 11.9. The largest absolute Gasteiger partial charge is 0.315 e. The Bertz CT molecular complexity index is 360. The van der Waals surface area contributed by atoms with Crippen molar-refractivity contribution >= 4 is 10.0 Å². The molecule has 126 valence electrons. The Morgan fingerprint density at radius 3 is 2.33 bits per heavy atom. The summed E-state index contributed by atoms with van der Waals surface area (Å²) in [5.74, 6) is 1.84. The third kappa shape index (κ3) is 9.48. The first-order valence-corrected chi connectivity index (χ1v) is 10.2. The molecule has 0 spiro atoms. The number of sulfonamides is 1. The SMILES string of the molecule is CC1CCC(CCNS(=O)(=O)CCCCNC(C)C)CC1. The zero-order chi connectivity index (χ0) is 15.7. The van der Waals surface area contributed by atoms with Crippen molar-refractivity contribution in [2.45, 2.75) is 71.8 Å². The summed E-state index contributed by atoms with van der Waals surface area (Å²) < 4.78 is 26.5. The van der Waals surface area contributed by atoms with Gasteiger partial charge in [-0.15, -0.1) is 0 Å². The van der Waals surface area contributed by atoms with Crippen molar-refractivity contribution in [1.29, 1.82) is 0 Å². The molecule has 21 heavy (non-hydrogen) atoms. The summed E-state index contributed by atoms with van der Waals surface area (Å²) in [5, 5.41) is 3.31. The summed E-state index contributed by atoms with van der Waals surface area (Å²) in [6.45, 7) is 8.03. The molecule has 0 radical (unpaired) electrons. The quantitative estimate of drug-likeness (QED) is 0.609. The molecule has 2 N–H and O–H groups in total. The van der Waals surface area contributed by atoms with Crippen LogP contribution in [0.4, 0.5) is 0 Å². The van der Waals surface area contributed by atoms with Crippen molar-refractivity contribution in [3.8, 4) is 0 Å². The lowest BCUT2D eigenvalue weighted by atomic mass is 9.81. The van der Waals surface area contributed by atoms with E-state index in [9.17, 15) is 8.42 Å². The lowest BCUT2D eigenvalue weighted by Gasteiger charge is -2.26. The van der Waals surface area contributed by atoms with Crippen molar-refractivity contribution in [1.82, 2.24) is 10.0 Å². The minimum Gasteiger partial charge on any atom is -0.315 e. The molecule has 1 aliphatic carbocycles. The van der Waals surface area contributed by atoms with Crippen LogP contribution in [0, 0.1) is 11.8 Å². The second kappa shape index (κ2) is 9.80. The minimum atomic E-state index is -3.07. The summed E-state index contributed by atoms with van der Waals surface area (Å²) >= 11 is 0. The van der Waals surface area contributed by atoms with Gasteiger partial charge in [0, 0.05) is 12.6 Å².